The van der Waals surface area contributed by atoms with Crippen molar-refractivity contribution >= 4 is 16.1 Å². The summed E-state index contributed by atoms with van der Waals surface area (Å²) in [5.41, 5.74) is 0. The summed E-state index contributed by atoms with van der Waals surface area (Å²) in [5.74, 6) is -0.0349. The fourth-order valence-electron chi connectivity index (χ4n) is 1.86. The number of sulfonamides is 1. The molecule has 0 saturated carbocycles. The predicted molar refractivity (Wildman–Crippen MR) is 74.3 cm³/mol. The molecule has 1 aliphatic rings. The summed E-state index contributed by atoms with van der Waals surface area (Å²) in [6, 6.07) is 0.203. The van der Waals surface area contributed by atoms with Crippen molar-refractivity contribution in [2.24, 2.45) is 5.14 Å². The monoisotopic (exact) mass is 292 g/mol. The van der Waals surface area contributed by atoms with Crippen LogP contribution in [0.2, 0.25) is 0 Å². The van der Waals surface area contributed by atoms with E-state index in [9.17, 15) is 13.2 Å². The highest BCUT2D eigenvalue weighted by molar-refractivity contribution is 7.89. The topological polar surface area (TPSA) is 86.9 Å². The average Bonchev–Trinajstić information content (AvgIpc) is 2.34. The standard InChI is InChI=1S/C11H24N4O3S/c1-10(2)13(3)11(16)15-6-4-14(5-7-15)8-9-19(12,17)18/h10H,4-9H2,1-3H3,(H2,12,17,18). The summed E-state index contributed by atoms with van der Waals surface area (Å²) in [6.45, 7) is 7.00. The van der Waals surface area contributed by atoms with Gasteiger partial charge in [-0.2, -0.15) is 0 Å². The molecular weight excluding hydrogens is 268 g/mol. The molecular formula is C11H24N4O3S. The van der Waals surface area contributed by atoms with Crippen molar-refractivity contribution in [3.8, 4) is 0 Å². The van der Waals surface area contributed by atoms with Gasteiger partial charge in [-0.3, -0.25) is 4.90 Å². The zero-order valence-electron chi connectivity index (χ0n) is 11.9. The van der Waals surface area contributed by atoms with Crippen LogP contribution in [0.3, 0.4) is 0 Å². The van der Waals surface area contributed by atoms with Crippen LogP contribution in [-0.4, -0.2) is 80.7 Å². The molecule has 0 spiro atoms. The van der Waals surface area contributed by atoms with Crippen LogP contribution in [0.1, 0.15) is 13.8 Å². The van der Waals surface area contributed by atoms with E-state index in [2.05, 4.69) is 0 Å². The fraction of sp³-hybridized carbons (Fsp3) is 0.909. The average molecular weight is 292 g/mol. The summed E-state index contributed by atoms with van der Waals surface area (Å²) in [5, 5.41) is 4.98. The number of carbonyl (C=O) groups is 1. The van der Waals surface area contributed by atoms with E-state index in [4.69, 9.17) is 5.14 Å². The number of nitrogens with two attached hydrogens (primary N) is 1. The molecule has 0 aromatic heterocycles. The van der Waals surface area contributed by atoms with Gasteiger partial charge in [0.1, 0.15) is 0 Å². The van der Waals surface area contributed by atoms with Crippen molar-refractivity contribution in [1.29, 1.82) is 0 Å². The number of primary sulfonamides is 1. The lowest BCUT2D eigenvalue weighted by Crippen LogP contribution is -2.53. The maximum atomic E-state index is 12.1. The van der Waals surface area contributed by atoms with Gasteiger partial charge >= 0.3 is 6.03 Å². The zero-order chi connectivity index (χ0) is 14.6. The van der Waals surface area contributed by atoms with Crippen molar-refractivity contribution in [2.45, 2.75) is 19.9 Å². The van der Waals surface area contributed by atoms with E-state index in [0.29, 0.717) is 32.7 Å². The Kier molecular flexibility index (Phi) is 5.57. The molecule has 0 aliphatic carbocycles. The first-order chi connectivity index (χ1) is 8.70. The van der Waals surface area contributed by atoms with Gasteiger partial charge in [0.15, 0.2) is 0 Å². The molecule has 0 radical (unpaired) electrons. The van der Waals surface area contributed by atoms with Gasteiger partial charge in [-0.05, 0) is 13.8 Å². The lowest BCUT2D eigenvalue weighted by molar-refractivity contribution is 0.115. The van der Waals surface area contributed by atoms with E-state index in [1.54, 1.807) is 16.8 Å². The van der Waals surface area contributed by atoms with Gasteiger partial charge < -0.3 is 9.80 Å². The predicted octanol–water partition coefficient (Wildman–Crippen LogP) is -0.647. The van der Waals surface area contributed by atoms with Crippen LogP contribution >= 0.6 is 0 Å². The molecule has 1 rings (SSSR count). The van der Waals surface area contributed by atoms with Crippen LogP contribution in [0.25, 0.3) is 0 Å². The van der Waals surface area contributed by atoms with Crippen LogP contribution < -0.4 is 5.14 Å². The van der Waals surface area contributed by atoms with Gasteiger partial charge in [-0.15, -0.1) is 0 Å². The summed E-state index contributed by atoms with van der Waals surface area (Å²) >= 11 is 0. The van der Waals surface area contributed by atoms with E-state index >= 15 is 0 Å². The van der Waals surface area contributed by atoms with Crippen LogP contribution in [0, 0.1) is 0 Å². The Morgan fingerprint density at radius 3 is 2.21 bits per heavy atom. The molecule has 7 nitrogen and oxygen atoms in total. The quantitative estimate of drug-likeness (QED) is 0.746. The Balaban J connectivity index is 2.39. The molecule has 1 heterocycles. The molecule has 19 heavy (non-hydrogen) atoms. The minimum atomic E-state index is -3.41. The Labute approximate surface area is 115 Å². The largest absolute Gasteiger partial charge is 0.325 e. The van der Waals surface area contributed by atoms with Crippen molar-refractivity contribution in [1.82, 2.24) is 14.7 Å². The number of nitrogens with zero attached hydrogens (tertiary/aromatic N) is 3. The summed E-state index contributed by atoms with van der Waals surface area (Å²) in [7, 11) is -1.62. The maximum Gasteiger partial charge on any atom is 0.320 e. The molecule has 2 N–H and O–H groups in total. The summed E-state index contributed by atoms with van der Waals surface area (Å²) in [6.07, 6.45) is 0. The molecule has 1 fully saturated rings. The van der Waals surface area contributed by atoms with E-state index in [1.807, 2.05) is 18.7 Å². The van der Waals surface area contributed by atoms with Crippen LogP contribution in [0.5, 0.6) is 0 Å². The van der Waals surface area contributed by atoms with E-state index in [-0.39, 0.29) is 17.8 Å². The van der Waals surface area contributed by atoms with Gasteiger partial charge in [0.2, 0.25) is 10.0 Å². The minimum absolute atomic E-state index is 0.0288. The molecule has 0 aromatic carbocycles. The molecule has 8 heteroatoms. The lowest BCUT2D eigenvalue weighted by Gasteiger charge is -2.37. The van der Waals surface area contributed by atoms with Crippen molar-refractivity contribution < 1.29 is 13.2 Å². The van der Waals surface area contributed by atoms with Crippen molar-refractivity contribution in [3.63, 3.8) is 0 Å². The lowest BCUT2D eigenvalue weighted by atomic mass is 10.3. The summed E-state index contributed by atoms with van der Waals surface area (Å²) < 4.78 is 21.8. The number of hydrogen-bond donors (Lipinski definition) is 1. The Bertz CT molecular complexity index is 402. The number of rotatable bonds is 4. The molecule has 0 atom stereocenters. The smallest absolute Gasteiger partial charge is 0.320 e. The first-order valence-corrected chi connectivity index (χ1v) is 8.17. The molecule has 0 bridgehead atoms. The van der Waals surface area contributed by atoms with Gasteiger partial charge in [-0.25, -0.2) is 18.4 Å². The van der Waals surface area contributed by atoms with Crippen LogP contribution in [0.15, 0.2) is 0 Å². The van der Waals surface area contributed by atoms with Crippen LogP contribution in [-0.2, 0) is 10.0 Å². The molecule has 1 aliphatic heterocycles. The number of carbonyl (C=O) groups excluding carboxylic acids is 1. The van der Waals surface area contributed by atoms with Gasteiger partial charge in [0.05, 0.1) is 5.75 Å². The second kappa shape index (κ2) is 6.53. The highest BCUT2D eigenvalue weighted by Crippen LogP contribution is 2.07. The van der Waals surface area contributed by atoms with Crippen molar-refractivity contribution in [3.05, 3.63) is 0 Å². The number of hydrogen-bond acceptors (Lipinski definition) is 4. The molecule has 112 valence electrons. The Morgan fingerprint density at radius 2 is 1.79 bits per heavy atom. The number of urea groups is 1. The third-order valence-electron chi connectivity index (χ3n) is 3.41. The molecule has 0 aromatic rings. The normalized spacial score (nSPS) is 17.8. The van der Waals surface area contributed by atoms with E-state index < -0.39 is 10.0 Å². The first kappa shape index (κ1) is 16.2. The maximum absolute atomic E-state index is 12.1. The third-order valence-corrected chi connectivity index (χ3v) is 4.16. The SMILES string of the molecule is CC(C)N(C)C(=O)N1CCN(CCS(N)(=O)=O)CC1. The summed E-state index contributed by atoms with van der Waals surface area (Å²) in [4.78, 5) is 17.6. The Morgan fingerprint density at radius 1 is 1.26 bits per heavy atom. The van der Waals surface area contributed by atoms with Gasteiger partial charge in [0, 0.05) is 45.8 Å². The highest BCUT2D eigenvalue weighted by Gasteiger charge is 2.24. The van der Waals surface area contributed by atoms with E-state index in [1.165, 1.54) is 0 Å². The molecule has 0 unspecified atom stereocenters. The second-order valence-electron chi connectivity index (χ2n) is 5.18. The van der Waals surface area contributed by atoms with Gasteiger partial charge in [-0.1, -0.05) is 0 Å². The number of amides is 2. The van der Waals surface area contributed by atoms with Crippen LogP contribution in [0.4, 0.5) is 4.79 Å². The number of piperazine rings is 1. The second-order valence-corrected chi connectivity index (χ2v) is 6.92. The minimum Gasteiger partial charge on any atom is -0.325 e. The van der Waals surface area contributed by atoms with E-state index in [0.717, 1.165) is 0 Å². The molecule has 1 saturated heterocycles. The zero-order valence-corrected chi connectivity index (χ0v) is 12.7. The first-order valence-electron chi connectivity index (χ1n) is 6.45. The Hall–Kier alpha value is -0.860. The van der Waals surface area contributed by atoms with Gasteiger partial charge in [0.25, 0.3) is 0 Å². The third kappa shape index (κ3) is 5.33. The molecule has 2 amide bonds. The fourth-order valence-corrected chi connectivity index (χ4v) is 2.38. The highest BCUT2D eigenvalue weighted by atomic mass is 32.2. The van der Waals surface area contributed by atoms with Crippen molar-refractivity contribution in [2.75, 3.05) is 45.5 Å².